The van der Waals surface area contributed by atoms with Crippen molar-refractivity contribution in [3.8, 4) is 11.3 Å². The van der Waals surface area contributed by atoms with E-state index in [9.17, 15) is 0 Å². The molecule has 0 spiro atoms. The first-order chi connectivity index (χ1) is 10.9. The normalized spacial score (nSPS) is 26.3. The molecule has 1 aliphatic heterocycles. The van der Waals surface area contributed by atoms with Crippen LogP contribution in [0.15, 0.2) is 42.9 Å². The molecular formula is C17H16N4O. The molecule has 2 fully saturated rings. The minimum Gasteiger partial charge on any atom is -0.381 e. The highest BCUT2D eigenvalue weighted by molar-refractivity contribution is 5.76. The van der Waals surface area contributed by atoms with Crippen molar-refractivity contribution in [3.63, 3.8) is 0 Å². The van der Waals surface area contributed by atoms with Crippen LogP contribution >= 0.6 is 0 Å². The van der Waals surface area contributed by atoms with Crippen LogP contribution in [0.4, 0.5) is 0 Å². The van der Waals surface area contributed by atoms with Crippen molar-refractivity contribution in [1.82, 2.24) is 19.7 Å². The van der Waals surface area contributed by atoms with Crippen molar-refractivity contribution in [3.05, 3.63) is 42.9 Å². The number of aromatic nitrogens is 4. The standard InChI is InChI=1S/C17H16N4O/c1-2-4-16-15(3-1)18-6-17(20-16)11-5-19-21(7-11)8-12-13-9-22-10-14(12)13/h1-7,12-14H,8-10H2. The Morgan fingerprint density at radius 2 is 1.91 bits per heavy atom. The topological polar surface area (TPSA) is 52.8 Å². The summed E-state index contributed by atoms with van der Waals surface area (Å²) in [6.07, 6.45) is 5.78. The fourth-order valence-electron chi connectivity index (χ4n) is 3.54. The van der Waals surface area contributed by atoms with E-state index in [1.807, 2.05) is 41.3 Å². The van der Waals surface area contributed by atoms with Gasteiger partial charge in [0.05, 0.1) is 42.3 Å². The zero-order valence-electron chi connectivity index (χ0n) is 12.1. The van der Waals surface area contributed by atoms with E-state index in [1.165, 1.54) is 0 Å². The molecule has 5 rings (SSSR count). The molecule has 0 N–H and O–H groups in total. The van der Waals surface area contributed by atoms with Gasteiger partial charge in [0.2, 0.25) is 0 Å². The van der Waals surface area contributed by atoms with E-state index in [2.05, 4.69) is 21.3 Å². The van der Waals surface area contributed by atoms with Crippen LogP contribution in [0.1, 0.15) is 0 Å². The lowest BCUT2D eigenvalue weighted by atomic mass is 10.2. The number of ether oxygens (including phenoxy) is 1. The number of benzene rings is 1. The van der Waals surface area contributed by atoms with E-state index in [1.54, 1.807) is 0 Å². The summed E-state index contributed by atoms with van der Waals surface area (Å²) in [7, 11) is 0. The third-order valence-electron chi connectivity index (χ3n) is 4.90. The summed E-state index contributed by atoms with van der Waals surface area (Å²) in [5.74, 6) is 2.26. The van der Waals surface area contributed by atoms with Crippen LogP contribution in [0.3, 0.4) is 0 Å². The fourth-order valence-corrected chi connectivity index (χ4v) is 3.54. The molecule has 1 aliphatic carbocycles. The summed E-state index contributed by atoms with van der Waals surface area (Å²) >= 11 is 0. The summed E-state index contributed by atoms with van der Waals surface area (Å²) in [5.41, 5.74) is 3.75. The van der Waals surface area contributed by atoms with Crippen molar-refractivity contribution >= 4 is 11.0 Å². The van der Waals surface area contributed by atoms with Crippen LogP contribution in [0.2, 0.25) is 0 Å². The Morgan fingerprint density at radius 3 is 2.77 bits per heavy atom. The van der Waals surface area contributed by atoms with Crippen LogP contribution in [0.5, 0.6) is 0 Å². The smallest absolute Gasteiger partial charge is 0.0924 e. The van der Waals surface area contributed by atoms with Gasteiger partial charge in [0.15, 0.2) is 0 Å². The Hall–Kier alpha value is -2.27. The van der Waals surface area contributed by atoms with Crippen LogP contribution in [-0.2, 0) is 11.3 Å². The average Bonchev–Trinajstić information content (AvgIpc) is 2.97. The number of hydrogen-bond acceptors (Lipinski definition) is 4. The second-order valence-corrected chi connectivity index (χ2v) is 6.22. The fraction of sp³-hybridized carbons (Fsp3) is 0.353. The van der Waals surface area contributed by atoms with Gasteiger partial charge in [-0.05, 0) is 29.9 Å². The summed E-state index contributed by atoms with van der Waals surface area (Å²) in [5, 5.41) is 4.49. The third-order valence-corrected chi connectivity index (χ3v) is 4.90. The average molecular weight is 292 g/mol. The Bertz CT molecular complexity index is 833. The van der Waals surface area contributed by atoms with E-state index in [-0.39, 0.29) is 0 Å². The van der Waals surface area contributed by atoms with Crippen molar-refractivity contribution < 1.29 is 4.74 Å². The maximum Gasteiger partial charge on any atom is 0.0924 e. The molecule has 2 aromatic heterocycles. The van der Waals surface area contributed by atoms with Gasteiger partial charge < -0.3 is 4.74 Å². The molecule has 3 heterocycles. The first kappa shape index (κ1) is 12.3. The van der Waals surface area contributed by atoms with Gasteiger partial charge in [0.25, 0.3) is 0 Å². The Balaban J connectivity index is 1.40. The highest BCUT2D eigenvalue weighted by Gasteiger charge is 2.53. The quantitative estimate of drug-likeness (QED) is 0.744. The SMILES string of the molecule is c1ccc2nc(-c3cnn(CC4C5COCC54)c3)cnc2c1. The molecule has 1 aromatic carbocycles. The molecule has 2 unspecified atom stereocenters. The van der Waals surface area contributed by atoms with E-state index in [0.717, 1.165) is 59.8 Å². The first-order valence-corrected chi connectivity index (χ1v) is 7.71. The summed E-state index contributed by atoms with van der Waals surface area (Å²) in [6.45, 7) is 2.85. The van der Waals surface area contributed by atoms with Crippen molar-refractivity contribution in [2.24, 2.45) is 17.8 Å². The second-order valence-electron chi connectivity index (χ2n) is 6.22. The van der Waals surface area contributed by atoms with E-state index in [0.29, 0.717) is 0 Å². The predicted molar refractivity (Wildman–Crippen MR) is 82.0 cm³/mol. The number of nitrogens with zero attached hydrogens (tertiary/aromatic N) is 4. The van der Waals surface area contributed by atoms with Gasteiger partial charge in [-0.25, -0.2) is 4.98 Å². The molecule has 1 saturated heterocycles. The number of rotatable bonds is 3. The van der Waals surface area contributed by atoms with Gasteiger partial charge >= 0.3 is 0 Å². The van der Waals surface area contributed by atoms with E-state index < -0.39 is 0 Å². The molecule has 0 amide bonds. The van der Waals surface area contributed by atoms with Crippen LogP contribution in [0, 0.1) is 17.8 Å². The van der Waals surface area contributed by atoms with E-state index in [4.69, 9.17) is 4.74 Å². The molecule has 5 nitrogen and oxygen atoms in total. The first-order valence-electron chi connectivity index (χ1n) is 7.71. The predicted octanol–water partition coefficient (Wildman–Crippen LogP) is 2.39. The molecule has 0 radical (unpaired) electrons. The highest BCUT2D eigenvalue weighted by atomic mass is 16.5. The largest absolute Gasteiger partial charge is 0.381 e. The maximum absolute atomic E-state index is 5.44. The van der Waals surface area contributed by atoms with Gasteiger partial charge in [-0.15, -0.1) is 0 Å². The molecule has 1 saturated carbocycles. The Kier molecular flexibility index (Phi) is 2.58. The molecule has 110 valence electrons. The lowest BCUT2D eigenvalue weighted by Gasteiger charge is -2.04. The number of hydrogen-bond donors (Lipinski definition) is 0. The van der Waals surface area contributed by atoms with Gasteiger partial charge in [-0.2, -0.15) is 5.10 Å². The van der Waals surface area contributed by atoms with Gasteiger partial charge in [-0.3, -0.25) is 9.67 Å². The Labute approximate surface area is 128 Å². The van der Waals surface area contributed by atoms with Gasteiger partial charge in [-0.1, -0.05) is 12.1 Å². The molecule has 3 aromatic rings. The third kappa shape index (κ3) is 1.93. The molecular weight excluding hydrogens is 276 g/mol. The van der Waals surface area contributed by atoms with E-state index >= 15 is 0 Å². The highest BCUT2D eigenvalue weighted by Crippen LogP contribution is 2.51. The summed E-state index contributed by atoms with van der Waals surface area (Å²) in [4.78, 5) is 9.15. The lowest BCUT2D eigenvalue weighted by Crippen LogP contribution is -2.07. The van der Waals surface area contributed by atoms with Crippen LogP contribution < -0.4 is 0 Å². The number of para-hydroxylation sites is 2. The minimum absolute atomic E-state index is 0.740. The summed E-state index contributed by atoms with van der Waals surface area (Å²) < 4.78 is 7.48. The molecule has 5 heteroatoms. The van der Waals surface area contributed by atoms with Gasteiger partial charge in [0, 0.05) is 18.3 Å². The monoisotopic (exact) mass is 292 g/mol. The van der Waals surface area contributed by atoms with Crippen molar-refractivity contribution in [2.75, 3.05) is 13.2 Å². The molecule has 22 heavy (non-hydrogen) atoms. The molecule has 0 bridgehead atoms. The number of fused-ring (bicyclic) bond motifs is 2. The van der Waals surface area contributed by atoms with Crippen LogP contribution in [-0.4, -0.2) is 33.0 Å². The zero-order chi connectivity index (χ0) is 14.5. The maximum atomic E-state index is 5.44. The van der Waals surface area contributed by atoms with Gasteiger partial charge in [0.1, 0.15) is 0 Å². The lowest BCUT2D eigenvalue weighted by molar-refractivity contribution is 0.147. The van der Waals surface area contributed by atoms with Crippen molar-refractivity contribution in [1.29, 1.82) is 0 Å². The Morgan fingerprint density at radius 1 is 1.09 bits per heavy atom. The summed E-state index contributed by atoms with van der Waals surface area (Å²) in [6, 6.07) is 7.92. The molecule has 2 atom stereocenters. The minimum atomic E-state index is 0.740. The van der Waals surface area contributed by atoms with Crippen molar-refractivity contribution in [2.45, 2.75) is 6.54 Å². The second kappa shape index (κ2) is 4.61. The van der Waals surface area contributed by atoms with Crippen LogP contribution in [0.25, 0.3) is 22.3 Å². The zero-order valence-corrected chi connectivity index (χ0v) is 12.1. The molecule has 2 aliphatic rings.